The first kappa shape index (κ1) is 17.4. The summed E-state index contributed by atoms with van der Waals surface area (Å²) >= 11 is 4.85. The third kappa shape index (κ3) is 4.37. The van der Waals surface area contributed by atoms with Gasteiger partial charge in [-0.3, -0.25) is 9.59 Å². The normalized spacial score (nSPS) is 13.0. The minimum absolute atomic E-state index is 0.187. The van der Waals surface area contributed by atoms with E-state index in [1.165, 1.54) is 18.7 Å². The predicted octanol–water partition coefficient (Wildman–Crippen LogP) is 4.50. The molecule has 0 saturated heterocycles. The van der Waals surface area contributed by atoms with Crippen LogP contribution in [0.15, 0.2) is 58.9 Å². The van der Waals surface area contributed by atoms with Gasteiger partial charge in [0.05, 0.1) is 5.69 Å². The van der Waals surface area contributed by atoms with Gasteiger partial charge in [0.25, 0.3) is 5.91 Å². The molecule has 0 aromatic heterocycles. The predicted molar refractivity (Wildman–Crippen MR) is 106 cm³/mol. The zero-order valence-corrected chi connectivity index (χ0v) is 15.6. The minimum Gasteiger partial charge on any atom is -0.326 e. The number of nitrogens with one attached hydrogen (secondary N) is 2. The van der Waals surface area contributed by atoms with Crippen molar-refractivity contribution in [2.75, 3.05) is 5.32 Å². The van der Waals surface area contributed by atoms with Crippen molar-refractivity contribution in [2.45, 2.75) is 6.92 Å². The number of hydrogen-bond donors (Lipinski definition) is 2. The standard InChI is InChI=1S/C18H14BrN3O2S/c1-11(23)20-13-6-4-5-12(9-13)17(24)22-18-21-16-8-3-2-7-14(16)15(19)10-25-18/h2-10H,1H3,(H,20,23)(H,21,22,24). The highest BCUT2D eigenvalue weighted by atomic mass is 79.9. The summed E-state index contributed by atoms with van der Waals surface area (Å²) < 4.78 is 0.911. The molecule has 0 bridgehead atoms. The highest BCUT2D eigenvalue weighted by Gasteiger charge is 2.14. The molecule has 0 fully saturated rings. The van der Waals surface area contributed by atoms with Gasteiger partial charge in [-0.25, -0.2) is 4.99 Å². The van der Waals surface area contributed by atoms with Gasteiger partial charge < -0.3 is 10.6 Å². The van der Waals surface area contributed by atoms with Crippen LogP contribution in [0.4, 0.5) is 11.4 Å². The fraction of sp³-hybridized carbons (Fsp3) is 0.0556. The number of thioether (sulfide) groups is 1. The molecule has 3 rings (SSSR count). The summed E-state index contributed by atoms with van der Waals surface area (Å²) in [6, 6.07) is 14.4. The molecule has 2 aromatic carbocycles. The number of carbonyl (C=O) groups excluding carboxylic acids is 2. The highest BCUT2D eigenvalue weighted by molar-refractivity contribution is 9.15. The van der Waals surface area contributed by atoms with Crippen LogP contribution in [0.1, 0.15) is 22.8 Å². The Labute approximate surface area is 157 Å². The van der Waals surface area contributed by atoms with Gasteiger partial charge in [-0.15, -0.1) is 0 Å². The van der Waals surface area contributed by atoms with Crippen LogP contribution < -0.4 is 10.6 Å². The Kier molecular flexibility index (Phi) is 5.35. The first-order valence-corrected chi connectivity index (χ1v) is 9.09. The summed E-state index contributed by atoms with van der Waals surface area (Å²) in [5.41, 5.74) is 2.75. The molecule has 0 atom stereocenters. The first-order valence-electron chi connectivity index (χ1n) is 7.42. The third-order valence-corrected chi connectivity index (χ3v) is 5.05. The average molecular weight is 416 g/mol. The lowest BCUT2D eigenvalue weighted by molar-refractivity contribution is -0.114. The summed E-state index contributed by atoms with van der Waals surface area (Å²) in [4.78, 5) is 28.2. The lowest BCUT2D eigenvalue weighted by atomic mass is 10.2. The molecule has 25 heavy (non-hydrogen) atoms. The number of anilines is 1. The molecule has 0 unspecified atom stereocenters. The van der Waals surface area contributed by atoms with E-state index in [0.29, 0.717) is 16.4 Å². The molecule has 7 heteroatoms. The van der Waals surface area contributed by atoms with E-state index in [0.717, 1.165) is 15.7 Å². The quantitative estimate of drug-likeness (QED) is 0.757. The smallest absolute Gasteiger partial charge is 0.257 e. The number of amides is 2. The maximum Gasteiger partial charge on any atom is 0.257 e. The minimum atomic E-state index is -0.289. The maximum atomic E-state index is 12.5. The topological polar surface area (TPSA) is 70.6 Å². The molecule has 1 aliphatic rings. The van der Waals surface area contributed by atoms with Gasteiger partial charge in [-0.1, -0.05) is 36.0 Å². The molecule has 5 nitrogen and oxygen atoms in total. The third-order valence-electron chi connectivity index (χ3n) is 3.32. The summed E-state index contributed by atoms with van der Waals surface area (Å²) in [7, 11) is 0. The first-order chi connectivity index (χ1) is 12.0. The number of aliphatic imine (C=N–C) groups is 1. The number of halogens is 1. The molecule has 0 radical (unpaired) electrons. The molecular weight excluding hydrogens is 402 g/mol. The number of rotatable bonds is 2. The Balaban J connectivity index is 1.82. The zero-order chi connectivity index (χ0) is 17.8. The van der Waals surface area contributed by atoms with E-state index < -0.39 is 0 Å². The van der Waals surface area contributed by atoms with Crippen LogP contribution in [0.3, 0.4) is 0 Å². The second kappa shape index (κ2) is 7.67. The van der Waals surface area contributed by atoms with Crippen molar-refractivity contribution in [1.82, 2.24) is 5.32 Å². The van der Waals surface area contributed by atoms with Crippen LogP contribution in [0.2, 0.25) is 0 Å². The van der Waals surface area contributed by atoms with E-state index in [2.05, 4.69) is 31.6 Å². The van der Waals surface area contributed by atoms with Crippen LogP contribution in [0.25, 0.3) is 4.48 Å². The molecule has 0 spiro atoms. The summed E-state index contributed by atoms with van der Waals surface area (Å²) in [5, 5.41) is 7.85. The number of carbonyl (C=O) groups is 2. The van der Waals surface area contributed by atoms with Crippen LogP contribution in [-0.4, -0.2) is 17.0 Å². The number of hydrogen-bond acceptors (Lipinski definition) is 4. The van der Waals surface area contributed by atoms with Gasteiger partial charge in [-0.2, -0.15) is 0 Å². The van der Waals surface area contributed by atoms with Crippen LogP contribution in [0.5, 0.6) is 0 Å². The second-order valence-corrected chi connectivity index (χ2v) is 6.95. The molecule has 0 saturated carbocycles. The summed E-state index contributed by atoms with van der Waals surface area (Å²) in [6.07, 6.45) is 0. The van der Waals surface area contributed by atoms with Gasteiger partial charge in [0.2, 0.25) is 5.91 Å². The Morgan fingerprint density at radius 2 is 1.88 bits per heavy atom. The Morgan fingerprint density at radius 3 is 2.68 bits per heavy atom. The van der Waals surface area contributed by atoms with Gasteiger partial charge in [0.1, 0.15) is 0 Å². The SMILES string of the molecule is CC(=O)Nc1cccc(C(=O)NC2=Nc3ccccc3C(Br)=CS2)c1. The molecule has 126 valence electrons. The van der Waals surface area contributed by atoms with Gasteiger partial charge in [0.15, 0.2) is 5.17 Å². The summed E-state index contributed by atoms with van der Waals surface area (Å²) in [5.74, 6) is -0.477. The lowest BCUT2D eigenvalue weighted by Crippen LogP contribution is -2.28. The largest absolute Gasteiger partial charge is 0.326 e. The van der Waals surface area contributed by atoms with Crippen molar-refractivity contribution in [2.24, 2.45) is 4.99 Å². The molecule has 2 aromatic rings. The van der Waals surface area contributed by atoms with Crippen LogP contribution in [0, 0.1) is 0 Å². The number of fused-ring (bicyclic) bond motifs is 1. The Morgan fingerprint density at radius 1 is 1.08 bits per heavy atom. The average Bonchev–Trinajstić information content (AvgIpc) is 2.74. The van der Waals surface area contributed by atoms with Crippen molar-refractivity contribution in [3.05, 3.63) is 65.1 Å². The van der Waals surface area contributed by atoms with Crippen molar-refractivity contribution < 1.29 is 9.59 Å². The van der Waals surface area contributed by atoms with Crippen molar-refractivity contribution in [3.63, 3.8) is 0 Å². The molecule has 0 aliphatic carbocycles. The molecule has 1 heterocycles. The fourth-order valence-corrected chi connectivity index (χ4v) is 3.51. The van der Waals surface area contributed by atoms with Crippen molar-refractivity contribution in [1.29, 1.82) is 0 Å². The Hall–Kier alpha value is -2.38. The fourth-order valence-electron chi connectivity index (χ4n) is 2.25. The van der Waals surface area contributed by atoms with Gasteiger partial charge in [0, 0.05) is 28.2 Å². The van der Waals surface area contributed by atoms with E-state index in [4.69, 9.17) is 0 Å². The van der Waals surface area contributed by atoms with E-state index >= 15 is 0 Å². The maximum absolute atomic E-state index is 12.5. The summed E-state index contributed by atoms with van der Waals surface area (Å²) in [6.45, 7) is 1.42. The van der Waals surface area contributed by atoms with E-state index in [9.17, 15) is 9.59 Å². The number of para-hydroxylation sites is 1. The van der Waals surface area contributed by atoms with E-state index in [1.807, 2.05) is 29.7 Å². The van der Waals surface area contributed by atoms with Crippen molar-refractivity contribution in [3.8, 4) is 0 Å². The molecule has 2 N–H and O–H groups in total. The lowest BCUT2D eigenvalue weighted by Gasteiger charge is -2.08. The zero-order valence-electron chi connectivity index (χ0n) is 13.2. The molecular formula is C18H14BrN3O2S. The van der Waals surface area contributed by atoms with Crippen LogP contribution >= 0.6 is 27.7 Å². The Bertz CT molecular complexity index is 909. The van der Waals surface area contributed by atoms with E-state index in [1.54, 1.807) is 24.3 Å². The molecule has 1 aliphatic heterocycles. The highest BCUT2D eigenvalue weighted by Crippen LogP contribution is 2.35. The van der Waals surface area contributed by atoms with Gasteiger partial charge in [-0.05, 0) is 45.6 Å². The van der Waals surface area contributed by atoms with Gasteiger partial charge >= 0.3 is 0 Å². The number of amidine groups is 1. The second-order valence-electron chi connectivity index (χ2n) is 5.23. The molecule has 2 amide bonds. The number of nitrogens with zero attached hydrogens (tertiary/aromatic N) is 1. The van der Waals surface area contributed by atoms with Crippen molar-refractivity contribution >= 4 is 60.5 Å². The number of benzene rings is 2. The van der Waals surface area contributed by atoms with E-state index in [-0.39, 0.29) is 11.8 Å². The van der Waals surface area contributed by atoms with Crippen LogP contribution in [-0.2, 0) is 4.79 Å². The monoisotopic (exact) mass is 415 g/mol.